The summed E-state index contributed by atoms with van der Waals surface area (Å²) in [4.78, 5) is 34.6. The molecule has 0 aliphatic carbocycles. The number of para-hydroxylation sites is 1. The predicted octanol–water partition coefficient (Wildman–Crippen LogP) is 0.759. The first kappa shape index (κ1) is 19.7. The monoisotopic (exact) mass is 399 g/mol. The van der Waals surface area contributed by atoms with Crippen LogP contribution in [0.1, 0.15) is 15.9 Å². The summed E-state index contributed by atoms with van der Waals surface area (Å²) in [6, 6.07) is 11.3. The molecule has 0 atom stereocenters. The van der Waals surface area contributed by atoms with E-state index in [0.717, 1.165) is 0 Å². The van der Waals surface area contributed by atoms with Crippen LogP contribution < -0.4 is 25.0 Å². The van der Waals surface area contributed by atoms with Crippen molar-refractivity contribution in [1.29, 1.82) is 0 Å². The lowest BCUT2D eigenvalue weighted by Gasteiger charge is -2.07. The van der Waals surface area contributed by atoms with Crippen molar-refractivity contribution in [1.82, 2.24) is 10.7 Å². The number of rotatable bonds is 8. The van der Waals surface area contributed by atoms with Gasteiger partial charge in [0, 0.05) is 11.1 Å². The van der Waals surface area contributed by atoms with Gasteiger partial charge in [0.2, 0.25) is 6.79 Å². The largest absolute Gasteiger partial charge is 0.481 e. The van der Waals surface area contributed by atoms with Gasteiger partial charge >= 0.3 is 5.97 Å². The predicted molar refractivity (Wildman–Crippen MR) is 100 cm³/mol. The summed E-state index contributed by atoms with van der Waals surface area (Å²) in [6.07, 6.45) is 1.31. The van der Waals surface area contributed by atoms with Crippen molar-refractivity contribution in [3.05, 3.63) is 53.6 Å². The van der Waals surface area contributed by atoms with Crippen LogP contribution in [0.25, 0.3) is 0 Å². The molecular formula is C19H17N3O7. The number of benzene rings is 2. The Labute approximate surface area is 165 Å². The minimum Gasteiger partial charge on any atom is -0.481 e. The zero-order chi connectivity index (χ0) is 20.6. The molecule has 0 aromatic heterocycles. The van der Waals surface area contributed by atoms with Crippen molar-refractivity contribution in [3.8, 4) is 17.2 Å². The second-order valence-corrected chi connectivity index (χ2v) is 5.76. The minimum absolute atomic E-state index is 0.102. The first-order chi connectivity index (χ1) is 14.0. The number of hydrazone groups is 1. The SMILES string of the molecule is O=C(O)COc1ccccc1/C=N\NC(=O)CNC(=O)c1ccc2c(c1)OCO2. The molecule has 0 unspecified atom stereocenters. The molecular weight excluding hydrogens is 382 g/mol. The highest BCUT2D eigenvalue weighted by Crippen LogP contribution is 2.32. The van der Waals surface area contributed by atoms with Crippen LogP contribution in [0.3, 0.4) is 0 Å². The number of ether oxygens (including phenoxy) is 3. The van der Waals surface area contributed by atoms with Gasteiger partial charge in [-0.1, -0.05) is 12.1 Å². The molecule has 0 bridgehead atoms. The summed E-state index contributed by atoms with van der Waals surface area (Å²) in [6.45, 7) is -0.684. The van der Waals surface area contributed by atoms with E-state index in [9.17, 15) is 14.4 Å². The van der Waals surface area contributed by atoms with Gasteiger partial charge in [0.05, 0.1) is 12.8 Å². The minimum atomic E-state index is -1.11. The number of hydrogen-bond donors (Lipinski definition) is 3. The number of hydrogen-bond acceptors (Lipinski definition) is 7. The fraction of sp³-hybridized carbons (Fsp3) is 0.158. The van der Waals surface area contributed by atoms with Crippen LogP contribution in [0, 0.1) is 0 Å². The molecule has 0 saturated heterocycles. The van der Waals surface area contributed by atoms with E-state index >= 15 is 0 Å². The molecule has 29 heavy (non-hydrogen) atoms. The maximum Gasteiger partial charge on any atom is 0.341 e. The van der Waals surface area contributed by atoms with Gasteiger partial charge in [-0.25, -0.2) is 10.2 Å². The maximum atomic E-state index is 12.1. The second kappa shape index (κ2) is 9.22. The van der Waals surface area contributed by atoms with Crippen molar-refractivity contribution >= 4 is 24.0 Å². The summed E-state index contributed by atoms with van der Waals surface area (Å²) < 4.78 is 15.5. The summed E-state index contributed by atoms with van der Waals surface area (Å²) in [5, 5.41) is 14.9. The van der Waals surface area contributed by atoms with Crippen LogP contribution in [0.5, 0.6) is 17.2 Å². The van der Waals surface area contributed by atoms with Gasteiger partial charge in [-0.2, -0.15) is 5.10 Å². The number of aliphatic carboxylic acids is 1. The third-order valence-electron chi connectivity index (χ3n) is 3.71. The Hall–Kier alpha value is -4.08. The molecule has 1 aliphatic heterocycles. The van der Waals surface area contributed by atoms with Crippen LogP contribution in [-0.4, -0.2) is 49.0 Å². The number of nitrogens with zero attached hydrogens (tertiary/aromatic N) is 1. The average molecular weight is 399 g/mol. The highest BCUT2D eigenvalue weighted by molar-refractivity contribution is 5.97. The zero-order valence-corrected chi connectivity index (χ0v) is 15.1. The first-order valence-electron chi connectivity index (χ1n) is 8.46. The fourth-order valence-electron chi connectivity index (χ4n) is 2.37. The maximum absolute atomic E-state index is 12.1. The van der Waals surface area contributed by atoms with E-state index in [1.807, 2.05) is 0 Å². The Kier molecular flexibility index (Phi) is 6.25. The third kappa shape index (κ3) is 5.45. The van der Waals surface area contributed by atoms with Gasteiger partial charge in [0.25, 0.3) is 11.8 Å². The van der Waals surface area contributed by atoms with Crippen LogP contribution in [-0.2, 0) is 9.59 Å². The Bertz CT molecular complexity index is 959. The molecule has 3 N–H and O–H groups in total. The van der Waals surface area contributed by atoms with E-state index in [2.05, 4.69) is 15.8 Å². The number of nitrogens with one attached hydrogen (secondary N) is 2. The lowest BCUT2D eigenvalue weighted by Crippen LogP contribution is -2.34. The second-order valence-electron chi connectivity index (χ2n) is 5.76. The van der Waals surface area contributed by atoms with Crippen LogP contribution >= 0.6 is 0 Å². The molecule has 2 aromatic rings. The summed E-state index contributed by atoms with van der Waals surface area (Å²) >= 11 is 0. The van der Waals surface area contributed by atoms with Gasteiger partial charge in [0.1, 0.15) is 5.75 Å². The molecule has 2 amide bonds. The normalized spacial score (nSPS) is 11.9. The smallest absolute Gasteiger partial charge is 0.341 e. The summed E-state index contributed by atoms with van der Waals surface area (Å²) in [5.41, 5.74) is 3.08. The van der Waals surface area contributed by atoms with Crippen molar-refractivity contribution in [2.75, 3.05) is 19.9 Å². The van der Waals surface area contributed by atoms with E-state index in [-0.39, 0.29) is 13.3 Å². The van der Waals surface area contributed by atoms with Gasteiger partial charge < -0.3 is 24.6 Å². The molecule has 150 valence electrons. The average Bonchev–Trinajstić information content (AvgIpc) is 3.19. The standard InChI is InChI=1S/C19H17N3O7/c23-17(9-20-19(26)12-5-6-15-16(7-12)29-11-28-15)22-21-8-13-3-1-2-4-14(13)27-10-18(24)25/h1-8H,9-11H2,(H,20,26)(H,22,23)(H,24,25)/b21-8-. The number of carboxylic acids is 1. The zero-order valence-electron chi connectivity index (χ0n) is 15.1. The topological polar surface area (TPSA) is 136 Å². The van der Waals surface area contributed by atoms with Crippen LogP contribution in [0.4, 0.5) is 0 Å². The van der Waals surface area contributed by atoms with E-state index < -0.39 is 24.4 Å². The van der Waals surface area contributed by atoms with Crippen molar-refractivity contribution in [3.63, 3.8) is 0 Å². The number of carbonyl (C=O) groups excluding carboxylic acids is 2. The van der Waals surface area contributed by atoms with Gasteiger partial charge in [0.15, 0.2) is 18.1 Å². The van der Waals surface area contributed by atoms with E-state index in [1.54, 1.807) is 36.4 Å². The number of amides is 2. The molecule has 0 fully saturated rings. The van der Waals surface area contributed by atoms with E-state index in [0.29, 0.717) is 28.4 Å². The van der Waals surface area contributed by atoms with Crippen molar-refractivity contribution in [2.45, 2.75) is 0 Å². The number of fused-ring (bicyclic) bond motifs is 1. The van der Waals surface area contributed by atoms with E-state index in [4.69, 9.17) is 19.3 Å². The molecule has 10 nitrogen and oxygen atoms in total. The Balaban J connectivity index is 1.49. The van der Waals surface area contributed by atoms with Crippen molar-refractivity contribution < 1.29 is 33.7 Å². The molecule has 3 rings (SSSR count). The lowest BCUT2D eigenvalue weighted by molar-refractivity contribution is -0.139. The van der Waals surface area contributed by atoms with Gasteiger partial charge in [-0.05, 0) is 30.3 Å². The summed E-state index contributed by atoms with van der Waals surface area (Å²) in [5.74, 6) is -0.766. The molecule has 1 aliphatic rings. The Morgan fingerprint density at radius 1 is 1.14 bits per heavy atom. The Morgan fingerprint density at radius 3 is 2.76 bits per heavy atom. The Morgan fingerprint density at radius 2 is 1.93 bits per heavy atom. The molecule has 2 aromatic carbocycles. The van der Waals surface area contributed by atoms with Crippen LogP contribution in [0.2, 0.25) is 0 Å². The number of carboxylic acid groups (broad SMARTS) is 1. The quantitative estimate of drug-likeness (QED) is 0.440. The third-order valence-corrected chi connectivity index (χ3v) is 3.71. The van der Waals surface area contributed by atoms with Crippen molar-refractivity contribution in [2.24, 2.45) is 5.10 Å². The molecule has 10 heteroatoms. The molecule has 0 saturated carbocycles. The number of carbonyl (C=O) groups is 3. The first-order valence-corrected chi connectivity index (χ1v) is 8.46. The molecule has 1 heterocycles. The summed E-state index contributed by atoms with van der Waals surface area (Å²) in [7, 11) is 0. The lowest BCUT2D eigenvalue weighted by atomic mass is 10.2. The van der Waals surface area contributed by atoms with Gasteiger partial charge in [-0.3, -0.25) is 9.59 Å². The van der Waals surface area contributed by atoms with Crippen LogP contribution in [0.15, 0.2) is 47.6 Å². The molecule has 0 spiro atoms. The van der Waals surface area contributed by atoms with Gasteiger partial charge in [-0.15, -0.1) is 0 Å². The highest BCUT2D eigenvalue weighted by atomic mass is 16.7. The fourth-order valence-corrected chi connectivity index (χ4v) is 2.37. The molecule has 0 radical (unpaired) electrons. The highest BCUT2D eigenvalue weighted by Gasteiger charge is 2.16. The van der Waals surface area contributed by atoms with E-state index in [1.165, 1.54) is 12.3 Å².